The van der Waals surface area contributed by atoms with E-state index in [-0.39, 0.29) is 46.1 Å². The number of carboxylic acids is 2. The van der Waals surface area contributed by atoms with Crippen LogP contribution in [0.2, 0.25) is 0 Å². The van der Waals surface area contributed by atoms with Gasteiger partial charge in [0.15, 0.2) is 0 Å². The molecule has 0 amide bonds. The van der Waals surface area contributed by atoms with E-state index in [4.69, 9.17) is 0 Å². The summed E-state index contributed by atoms with van der Waals surface area (Å²) in [6.45, 7) is 3.58. The quantitative estimate of drug-likeness (QED) is 0.665. The fraction of sp³-hybridized carbons (Fsp3) is 0.0667. The molecule has 2 rings (SSSR count). The molecule has 0 saturated heterocycles. The Balaban J connectivity index is 0.00000200. The molecule has 0 saturated carbocycles. The summed E-state index contributed by atoms with van der Waals surface area (Å²) < 4.78 is 0. The van der Waals surface area contributed by atoms with Crippen molar-refractivity contribution in [1.29, 1.82) is 0 Å². The molecule has 4 nitrogen and oxygen atoms in total. The van der Waals surface area contributed by atoms with Gasteiger partial charge in [-0.1, -0.05) is 30.3 Å². The van der Waals surface area contributed by atoms with E-state index < -0.39 is 11.9 Å². The molecule has 0 aliphatic rings. The second-order valence-corrected chi connectivity index (χ2v) is 4.11. The van der Waals surface area contributed by atoms with E-state index in [2.05, 4.69) is 6.58 Å². The fourth-order valence-corrected chi connectivity index (χ4v) is 2.17. The van der Waals surface area contributed by atoms with E-state index in [9.17, 15) is 19.8 Å². The zero-order valence-corrected chi connectivity index (χ0v) is 10.1. The van der Waals surface area contributed by atoms with E-state index >= 15 is 0 Å². The maximum atomic E-state index is 11.5. The molecule has 0 heterocycles. The van der Waals surface area contributed by atoms with Crippen molar-refractivity contribution in [2.45, 2.75) is 6.42 Å². The number of rotatable bonds is 4. The van der Waals surface area contributed by atoms with Gasteiger partial charge in [0.25, 0.3) is 0 Å². The normalized spacial score (nSPS) is 9.80. The van der Waals surface area contributed by atoms with E-state index in [1.807, 2.05) is 0 Å². The molecule has 0 aliphatic heterocycles. The van der Waals surface area contributed by atoms with Crippen LogP contribution in [0.15, 0.2) is 43.0 Å². The van der Waals surface area contributed by atoms with E-state index in [0.717, 1.165) is 0 Å². The summed E-state index contributed by atoms with van der Waals surface area (Å²) in [6, 6.07) is 8.14. The number of carboxylic acid groups (broad SMARTS) is 2. The molecule has 0 bridgehead atoms. The molecular formula is C15H13NaO4. The number of fused-ring (bicyclic) bond motifs is 1. The zero-order chi connectivity index (χ0) is 14.0. The number of aromatic carboxylic acids is 2. The summed E-state index contributed by atoms with van der Waals surface area (Å²) >= 11 is 0. The van der Waals surface area contributed by atoms with Gasteiger partial charge in [0.2, 0.25) is 0 Å². The Labute approximate surface area is 138 Å². The van der Waals surface area contributed by atoms with Crippen molar-refractivity contribution in [2.24, 2.45) is 0 Å². The average Bonchev–Trinajstić information content (AvgIpc) is 2.37. The molecule has 5 heteroatoms. The molecule has 2 aromatic carbocycles. The Kier molecular flexibility index (Phi) is 5.51. The molecule has 0 spiro atoms. The Hall–Kier alpha value is -1.62. The number of benzene rings is 2. The first-order valence-corrected chi connectivity index (χ1v) is 5.68. The molecule has 20 heavy (non-hydrogen) atoms. The van der Waals surface area contributed by atoms with Crippen LogP contribution >= 0.6 is 0 Å². The zero-order valence-electron chi connectivity index (χ0n) is 10.1. The van der Waals surface area contributed by atoms with Gasteiger partial charge >= 0.3 is 41.5 Å². The van der Waals surface area contributed by atoms with Crippen LogP contribution < -0.4 is 0 Å². The first kappa shape index (κ1) is 16.4. The average molecular weight is 280 g/mol. The molecule has 98 valence electrons. The van der Waals surface area contributed by atoms with E-state index in [1.165, 1.54) is 6.07 Å². The van der Waals surface area contributed by atoms with Crippen LogP contribution in [0.4, 0.5) is 0 Å². The van der Waals surface area contributed by atoms with Crippen LogP contribution in [0.3, 0.4) is 0 Å². The second kappa shape index (κ2) is 6.70. The molecule has 0 radical (unpaired) electrons. The van der Waals surface area contributed by atoms with Crippen molar-refractivity contribution in [2.75, 3.05) is 0 Å². The van der Waals surface area contributed by atoms with Gasteiger partial charge in [-0.3, -0.25) is 0 Å². The van der Waals surface area contributed by atoms with Gasteiger partial charge in [-0.05, 0) is 23.4 Å². The van der Waals surface area contributed by atoms with Gasteiger partial charge in [-0.15, -0.1) is 6.58 Å². The first-order valence-electron chi connectivity index (χ1n) is 5.68. The van der Waals surface area contributed by atoms with Crippen molar-refractivity contribution in [3.63, 3.8) is 0 Å². The van der Waals surface area contributed by atoms with Crippen molar-refractivity contribution in [3.05, 3.63) is 59.7 Å². The van der Waals surface area contributed by atoms with Crippen molar-refractivity contribution in [1.82, 2.24) is 0 Å². The van der Waals surface area contributed by atoms with Crippen molar-refractivity contribution < 1.29 is 19.8 Å². The van der Waals surface area contributed by atoms with Crippen LogP contribution in [0.25, 0.3) is 10.8 Å². The SMILES string of the molecule is C=CCc1ccc2cccc(C(=O)O)c2c1C(=O)O.[NaH]. The van der Waals surface area contributed by atoms with Crippen LogP contribution in [0.1, 0.15) is 26.3 Å². The van der Waals surface area contributed by atoms with E-state index in [0.29, 0.717) is 17.4 Å². The van der Waals surface area contributed by atoms with Crippen molar-refractivity contribution >= 4 is 52.3 Å². The minimum atomic E-state index is -1.14. The first-order chi connectivity index (χ1) is 9.06. The molecule has 0 aromatic heterocycles. The summed E-state index contributed by atoms with van der Waals surface area (Å²) in [7, 11) is 0. The van der Waals surface area contributed by atoms with Crippen LogP contribution in [0.5, 0.6) is 0 Å². The van der Waals surface area contributed by atoms with Crippen LogP contribution in [-0.4, -0.2) is 51.7 Å². The molecule has 2 aromatic rings. The molecule has 0 aliphatic carbocycles. The summed E-state index contributed by atoms with van der Waals surface area (Å²) in [4.78, 5) is 22.7. The predicted octanol–water partition coefficient (Wildman–Crippen LogP) is 2.32. The number of hydrogen-bond acceptors (Lipinski definition) is 2. The Morgan fingerprint density at radius 1 is 1.10 bits per heavy atom. The fourth-order valence-electron chi connectivity index (χ4n) is 2.17. The van der Waals surface area contributed by atoms with Gasteiger partial charge in [-0.25, -0.2) is 9.59 Å². The molecule has 0 atom stereocenters. The van der Waals surface area contributed by atoms with Gasteiger partial charge in [-0.2, -0.15) is 0 Å². The standard InChI is InChI=1S/C15H12O4.Na.H/c1-2-4-9-7-8-10-5-3-6-11(14(16)17)12(10)13(9)15(18)19;;/h2-3,5-8H,1,4H2,(H,16,17)(H,18,19);;. The molecule has 0 unspecified atom stereocenters. The summed E-state index contributed by atoms with van der Waals surface area (Å²) in [5.74, 6) is -2.26. The predicted molar refractivity (Wildman–Crippen MR) is 78.9 cm³/mol. The summed E-state index contributed by atoms with van der Waals surface area (Å²) in [5.41, 5.74) is 0.597. The number of hydrogen-bond donors (Lipinski definition) is 2. The third-order valence-electron chi connectivity index (χ3n) is 2.94. The molecule has 2 N–H and O–H groups in total. The molecular weight excluding hydrogens is 267 g/mol. The van der Waals surface area contributed by atoms with Gasteiger partial charge in [0, 0.05) is 5.39 Å². The van der Waals surface area contributed by atoms with Gasteiger partial charge < -0.3 is 10.2 Å². The number of carbonyl (C=O) groups is 2. The van der Waals surface area contributed by atoms with Crippen LogP contribution in [-0.2, 0) is 6.42 Å². The molecule has 0 fully saturated rings. The summed E-state index contributed by atoms with van der Waals surface area (Å²) in [6.07, 6.45) is 1.97. The summed E-state index contributed by atoms with van der Waals surface area (Å²) in [5, 5.41) is 19.4. The Morgan fingerprint density at radius 3 is 2.35 bits per heavy atom. The van der Waals surface area contributed by atoms with Gasteiger partial charge in [0.05, 0.1) is 11.1 Å². The Bertz CT molecular complexity index is 692. The third-order valence-corrected chi connectivity index (χ3v) is 2.94. The van der Waals surface area contributed by atoms with Crippen molar-refractivity contribution in [3.8, 4) is 0 Å². The topological polar surface area (TPSA) is 74.6 Å². The minimum absolute atomic E-state index is 0. The number of allylic oxidation sites excluding steroid dienone is 1. The Morgan fingerprint density at radius 2 is 1.80 bits per heavy atom. The maximum absolute atomic E-state index is 11.5. The third kappa shape index (κ3) is 2.93. The van der Waals surface area contributed by atoms with Gasteiger partial charge in [0.1, 0.15) is 0 Å². The monoisotopic (exact) mass is 280 g/mol. The second-order valence-electron chi connectivity index (χ2n) is 4.11. The van der Waals surface area contributed by atoms with Crippen LogP contribution in [0, 0.1) is 0 Å². The van der Waals surface area contributed by atoms with E-state index in [1.54, 1.807) is 30.3 Å².